The van der Waals surface area contributed by atoms with Crippen molar-refractivity contribution >= 4 is 17.0 Å². The summed E-state index contributed by atoms with van der Waals surface area (Å²) in [5.41, 5.74) is 6.64. The molecule has 9 nitrogen and oxygen atoms in total. The Labute approximate surface area is 137 Å². The second-order valence-electron chi connectivity index (χ2n) is 6.03. The molecule has 4 N–H and O–H groups in total. The monoisotopic (exact) mass is 333 g/mol. The number of anilines is 1. The van der Waals surface area contributed by atoms with Crippen LogP contribution in [0.4, 0.5) is 5.82 Å². The average molecular weight is 333 g/mol. The minimum atomic E-state index is -1.12. The van der Waals surface area contributed by atoms with E-state index in [0.717, 1.165) is 12.8 Å². The summed E-state index contributed by atoms with van der Waals surface area (Å²) in [6, 6.07) is 0. The Morgan fingerprint density at radius 3 is 2.79 bits per heavy atom. The fourth-order valence-corrected chi connectivity index (χ4v) is 3.11. The van der Waals surface area contributed by atoms with Gasteiger partial charge in [0.1, 0.15) is 30.2 Å². The number of ether oxygens (including phenoxy) is 2. The van der Waals surface area contributed by atoms with Crippen LogP contribution in [0.15, 0.2) is 24.8 Å². The molecule has 0 amide bonds. The topological polar surface area (TPSA) is 129 Å². The maximum absolute atomic E-state index is 10.4. The Kier molecular flexibility index (Phi) is 3.93. The first kappa shape index (κ1) is 15.5. The lowest BCUT2D eigenvalue weighted by atomic mass is 10.1. The van der Waals surface area contributed by atoms with Gasteiger partial charge in [0.2, 0.25) is 0 Å². The summed E-state index contributed by atoms with van der Waals surface area (Å²) in [7, 11) is 0. The van der Waals surface area contributed by atoms with E-state index in [1.54, 1.807) is 4.57 Å². The summed E-state index contributed by atoms with van der Waals surface area (Å²) < 4.78 is 13.1. The number of imidazole rings is 1. The van der Waals surface area contributed by atoms with E-state index in [2.05, 4.69) is 27.1 Å². The maximum Gasteiger partial charge on any atom is 0.167 e. The molecule has 1 fully saturated rings. The molecule has 4 atom stereocenters. The van der Waals surface area contributed by atoms with E-state index in [4.69, 9.17) is 15.2 Å². The molecule has 4 rings (SSSR count). The van der Waals surface area contributed by atoms with Gasteiger partial charge in [-0.2, -0.15) is 0 Å². The molecule has 9 heteroatoms. The van der Waals surface area contributed by atoms with Gasteiger partial charge in [0.05, 0.1) is 19.0 Å². The summed E-state index contributed by atoms with van der Waals surface area (Å²) in [5, 5.41) is 20.6. The molecule has 0 bridgehead atoms. The highest BCUT2D eigenvalue weighted by Gasteiger charge is 2.44. The smallest absolute Gasteiger partial charge is 0.167 e. The predicted octanol–water partition coefficient (Wildman–Crippen LogP) is -0.237. The van der Waals surface area contributed by atoms with Crippen molar-refractivity contribution in [3.05, 3.63) is 24.8 Å². The van der Waals surface area contributed by atoms with Gasteiger partial charge in [0, 0.05) is 0 Å². The molecule has 0 saturated carbocycles. The van der Waals surface area contributed by atoms with Crippen molar-refractivity contribution in [1.82, 2.24) is 19.5 Å². The van der Waals surface area contributed by atoms with Crippen molar-refractivity contribution in [3.63, 3.8) is 0 Å². The maximum atomic E-state index is 10.4. The number of aliphatic hydroxyl groups is 2. The molecule has 1 saturated heterocycles. The Morgan fingerprint density at radius 2 is 2.00 bits per heavy atom. The van der Waals surface area contributed by atoms with E-state index in [1.165, 1.54) is 12.7 Å². The summed E-state index contributed by atoms with van der Waals surface area (Å²) in [5.74, 6) is 0.250. The van der Waals surface area contributed by atoms with Gasteiger partial charge < -0.3 is 25.4 Å². The molecule has 0 spiro atoms. The zero-order valence-corrected chi connectivity index (χ0v) is 12.9. The molecule has 2 aromatic heterocycles. The number of nitrogen functional groups attached to an aromatic ring is 1. The van der Waals surface area contributed by atoms with Crippen molar-refractivity contribution < 1.29 is 19.7 Å². The highest BCUT2D eigenvalue weighted by atomic mass is 16.6. The van der Waals surface area contributed by atoms with Crippen LogP contribution in [0.25, 0.3) is 11.2 Å². The molecule has 128 valence electrons. The third kappa shape index (κ3) is 2.55. The number of aliphatic hydroxyl groups excluding tert-OH is 2. The Hall–Kier alpha value is -2.07. The molecule has 1 aliphatic heterocycles. The van der Waals surface area contributed by atoms with Crippen molar-refractivity contribution in [3.8, 4) is 0 Å². The lowest BCUT2D eigenvalue weighted by Crippen LogP contribution is -2.34. The van der Waals surface area contributed by atoms with Crippen molar-refractivity contribution in [1.29, 1.82) is 0 Å². The molecular weight excluding hydrogens is 314 g/mol. The number of nitrogens with two attached hydrogens (primary N) is 1. The van der Waals surface area contributed by atoms with Crippen LogP contribution in [0, 0.1) is 0 Å². The van der Waals surface area contributed by atoms with E-state index in [-0.39, 0.29) is 18.5 Å². The van der Waals surface area contributed by atoms with Gasteiger partial charge in [-0.3, -0.25) is 4.57 Å². The van der Waals surface area contributed by atoms with Crippen LogP contribution in [-0.4, -0.2) is 60.8 Å². The van der Waals surface area contributed by atoms with E-state index in [9.17, 15) is 10.2 Å². The van der Waals surface area contributed by atoms with Crippen LogP contribution in [-0.2, 0) is 9.47 Å². The first-order chi connectivity index (χ1) is 11.6. The van der Waals surface area contributed by atoms with Crippen LogP contribution in [0.3, 0.4) is 0 Å². The summed E-state index contributed by atoms with van der Waals surface area (Å²) in [4.78, 5) is 12.2. The fraction of sp³-hybridized carbons (Fsp3) is 0.533. The van der Waals surface area contributed by atoms with E-state index < -0.39 is 24.5 Å². The third-order valence-corrected chi connectivity index (χ3v) is 4.46. The van der Waals surface area contributed by atoms with Crippen LogP contribution >= 0.6 is 0 Å². The molecule has 2 aliphatic rings. The van der Waals surface area contributed by atoms with Gasteiger partial charge in [0.15, 0.2) is 17.7 Å². The predicted molar refractivity (Wildman–Crippen MR) is 83.8 cm³/mol. The first-order valence-corrected chi connectivity index (χ1v) is 7.86. The number of rotatable bonds is 4. The Morgan fingerprint density at radius 1 is 1.21 bits per heavy atom. The van der Waals surface area contributed by atoms with Gasteiger partial charge in [-0.1, -0.05) is 12.2 Å². The normalized spacial score (nSPS) is 30.6. The van der Waals surface area contributed by atoms with Gasteiger partial charge in [0.25, 0.3) is 0 Å². The van der Waals surface area contributed by atoms with E-state index >= 15 is 0 Å². The second kappa shape index (κ2) is 6.10. The minimum absolute atomic E-state index is 0.110. The molecule has 24 heavy (non-hydrogen) atoms. The van der Waals surface area contributed by atoms with Gasteiger partial charge in [-0.05, 0) is 12.8 Å². The zero-order chi connectivity index (χ0) is 16.7. The molecule has 0 aromatic carbocycles. The van der Waals surface area contributed by atoms with Crippen LogP contribution < -0.4 is 5.73 Å². The SMILES string of the molecule is Nc1ncnc2c1ncn2[C@@H]1O[C@H](COC2CC=CC2)[C@@H](O)[C@H]1O. The molecule has 0 radical (unpaired) electrons. The third-order valence-electron chi connectivity index (χ3n) is 4.46. The lowest BCUT2D eigenvalue weighted by molar-refractivity contribution is -0.0788. The zero-order valence-electron chi connectivity index (χ0n) is 12.9. The number of hydrogen-bond acceptors (Lipinski definition) is 8. The minimum Gasteiger partial charge on any atom is -0.387 e. The molecular formula is C15H19N5O4. The van der Waals surface area contributed by atoms with E-state index in [0.29, 0.717) is 11.2 Å². The molecule has 2 aromatic rings. The molecule has 0 unspecified atom stereocenters. The van der Waals surface area contributed by atoms with E-state index in [1.807, 2.05) is 0 Å². The fourth-order valence-electron chi connectivity index (χ4n) is 3.11. The summed E-state index contributed by atoms with van der Waals surface area (Å²) in [6.07, 6.45) is 5.15. The summed E-state index contributed by atoms with van der Waals surface area (Å²) in [6.45, 7) is 0.213. The summed E-state index contributed by atoms with van der Waals surface area (Å²) >= 11 is 0. The van der Waals surface area contributed by atoms with Gasteiger partial charge in [-0.15, -0.1) is 0 Å². The molecule has 3 heterocycles. The highest BCUT2D eigenvalue weighted by Crippen LogP contribution is 2.32. The number of hydrogen-bond donors (Lipinski definition) is 3. The van der Waals surface area contributed by atoms with Crippen molar-refractivity contribution in [2.45, 2.75) is 43.5 Å². The Balaban J connectivity index is 1.51. The van der Waals surface area contributed by atoms with Crippen LogP contribution in [0.5, 0.6) is 0 Å². The van der Waals surface area contributed by atoms with Crippen molar-refractivity contribution in [2.75, 3.05) is 12.3 Å². The number of nitrogens with zero attached hydrogens (tertiary/aromatic N) is 4. The largest absolute Gasteiger partial charge is 0.387 e. The standard InChI is InChI=1S/C15H19N5O4/c16-13-10-14(18-6-17-13)20(7-19-10)15-12(22)11(21)9(24-15)5-23-8-3-1-2-4-8/h1-2,6-9,11-12,15,21-22H,3-5H2,(H2,16,17,18)/t9-,11-,12-,15-/m1/s1. The van der Waals surface area contributed by atoms with Crippen LogP contribution in [0.2, 0.25) is 0 Å². The highest BCUT2D eigenvalue weighted by molar-refractivity contribution is 5.81. The number of fused-ring (bicyclic) bond motifs is 1. The van der Waals surface area contributed by atoms with Crippen molar-refractivity contribution in [2.24, 2.45) is 0 Å². The van der Waals surface area contributed by atoms with Gasteiger partial charge in [-0.25, -0.2) is 15.0 Å². The quantitative estimate of drug-likeness (QED) is 0.654. The van der Waals surface area contributed by atoms with Gasteiger partial charge >= 0.3 is 0 Å². The second-order valence-corrected chi connectivity index (χ2v) is 6.03. The molecule has 1 aliphatic carbocycles. The lowest BCUT2D eigenvalue weighted by Gasteiger charge is -2.18. The number of aromatic nitrogens is 4. The van der Waals surface area contributed by atoms with Crippen LogP contribution in [0.1, 0.15) is 19.1 Å². The average Bonchev–Trinajstić information content (AvgIpc) is 3.28. The Bertz CT molecular complexity index is 755. The first-order valence-electron chi connectivity index (χ1n) is 7.86.